The van der Waals surface area contributed by atoms with Gasteiger partial charge in [-0.05, 0) is 48.5 Å². The lowest BCUT2D eigenvalue weighted by atomic mass is 9.62. The summed E-state index contributed by atoms with van der Waals surface area (Å²) in [6, 6.07) is 0.493. The largest absolute Gasteiger partial charge is 0.286 e. The summed E-state index contributed by atoms with van der Waals surface area (Å²) in [5.74, 6) is 0. The van der Waals surface area contributed by atoms with Gasteiger partial charge in [-0.3, -0.25) is 9.58 Å². The Morgan fingerprint density at radius 2 is 1.50 bits per heavy atom. The van der Waals surface area contributed by atoms with E-state index >= 15 is 0 Å². The Balaban J connectivity index is 2.87. The first-order valence-electron chi connectivity index (χ1n) is 7.70. The third-order valence-corrected chi connectivity index (χ3v) is 5.68. The molecule has 0 amide bonds. The number of hydrogen-bond donors (Lipinski definition) is 0. The standard InChI is InChI=1S/C17H31N3/c1-11(2)20-16(6,7)13-12(3)18-19(10)14(13)15(4,5)17(20,8)9/h11H,1-10H3. The molecule has 0 radical (unpaired) electrons. The van der Waals surface area contributed by atoms with Crippen molar-refractivity contribution in [2.75, 3.05) is 0 Å². The number of aromatic nitrogens is 2. The van der Waals surface area contributed by atoms with Crippen LogP contribution in [0.4, 0.5) is 0 Å². The molecule has 3 nitrogen and oxygen atoms in total. The summed E-state index contributed by atoms with van der Waals surface area (Å²) in [6.07, 6.45) is 0. The first kappa shape index (κ1) is 15.6. The van der Waals surface area contributed by atoms with Gasteiger partial charge in [-0.25, -0.2) is 0 Å². The molecule has 0 spiro atoms. The zero-order chi connectivity index (χ0) is 15.7. The van der Waals surface area contributed by atoms with E-state index in [2.05, 4.69) is 78.9 Å². The van der Waals surface area contributed by atoms with E-state index in [0.717, 1.165) is 0 Å². The van der Waals surface area contributed by atoms with Crippen molar-refractivity contribution < 1.29 is 0 Å². The fourth-order valence-corrected chi connectivity index (χ4v) is 4.81. The van der Waals surface area contributed by atoms with Gasteiger partial charge in [0.1, 0.15) is 0 Å². The summed E-state index contributed by atoms with van der Waals surface area (Å²) < 4.78 is 2.10. The van der Waals surface area contributed by atoms with Crippen LogP contribution >= 0.6 is 0 Å². The Bertz CT molecular complexity index is 533. The molecule has 20 heavy (non-hydrogen) atoms. The fourth-order valence-electron chi connectivity index (χ4n) is 4.81. The second-order valence-electron chi connectivity index (χ2n) is 8.14. The second-order valence-corrected chi connectivity index (χ2v) is 8.14. The van der Waals surface area contributed by atoms with Gasteiger partial charge in [-0.2, -0.15) is 5.10 Å². The number of nitrogens with zero attached hydrogens (tertiary/aromatic N) is 3. The van der Waals surface area contributed by atoms with Crippen LogP contribution in [0, 0.1) is 6.92 Å². The van der Waals surface area contributed by atoms with Gasteiger partial charge >= 0.3 is 0 Å². The van der Waals surface area contributed by atoms with E-state index in [0.29, 0.717) is 6.04 Å². The maximum atomic E-state index is 4.73. The molecule has 0 atom stereocenters. The van der Waals surface area contributed by atoms with Crippen LogP contribution in [0.1, 0.15) is 72.3 Å². The van der Waals surface area contributed by atoms with E-state index in [1.165, 1.54) is 17.0 Å². The van der Waals surface area contributed by atoms with Crippen molar-refractivity contribution in [2.24, 2.45) is 7.05 Å². The van der Waals surface area contributed by atoms with Crippen LogP contribution in [0.5, 0.6) is 0 Å². The molecule has 0 N–H and O–H groups in total. The zero-order valence-corrected chi connectivity index (χ0v) is 14.9. The molecule has 1 aromatic rings. The normalized spacial score (nSPS) is 23.9. The van der Waals surface area contributed by atoms with Gasteiger partial charge in [-0.1, -0.05) is 13.8 Å². The van der Waals surface area contributed by atoms with Gasteiger partial charge in [-0.15, -0.1) is 0 Å². The zero-order valence-electron chi connectivity index (χ0n) is 14.9. The molecule has 114 valence electrons. The molecule has 2 heterocycles. The van der Waals surface area contributed by atoms with Gasteiger partial charge in [0.25, 0.3) is 0 Å². The molecule has 0 aliphatic carbocycles. The average molecular weight is 277 g/mol. The van der Waals surface area contributed by atoms with E-state index in [9.17, 15) is 0 Å². The van der Waals surface area contributed by atoms with Crippen molar-refractivity contribution in [3.8, 4) is 0 Å². The summed E-state index contributed by atoms with van der Waals surface area (Å²) in [6.45, 7) is 20.9. The van der Waals surface area contributed by atoms with Crippen LogP contribution in [0.15, 0.2) is 0 Å². The van der Waals surface area contributed by atoms with Crippen molar-refractivity contribution in [1.82, 2.24) is 14.7 Å². The fraction of sp³-hybridized carbons (Fsp3) is 0.824. The predicted octanol–water partition coefficient (Wildman–Crippen LogP) is 3.74. The Morgan fingerprint density at radius 1 is 1.00 bits per heavy atom. The Morgan fingerprint density at radius 3 is 1.95 bits per heavy atom. The summed E-state index contributed by atoms with van der Waals surface area (Å²) in [4.78, 5) is 2.66. The van der Waals surface area contributed by atoms with E-state index in [4.69, 9.17) is 5.10 Å². The third-order valence-electron chi connectivity index (χ3n) is 5.68. The van der Waals surface area contributed by atoms with Crippen LogP contribution in [-0.2, 0) is 18.0 Å². The molecule has 3 heteroatoms. The Kier molecular flexibility index (Phi) is 3.18. The minimum absolute atomic E-state index is 0.000856. The molecule has 1 aliphatic heterocycles. The van der Waals surface area contributed by atoms with Gasteiger partial charge < -0.3 is 0 Å². The van der Waals surface area contributed by atoms with Crippen molar-refractivity contribution in [1.29, 1.82) is 0 Å². The quantitative estimate of drug-likeness (QED) is 0.779. The highest BCUT2D eigenvalue weighted by molar-refractivity contribution is 5.43. The summed E-state index contributed by atoms with van der Waals surface area (Å²) in [5, 5.41) is 4.73. The molecule has 1 aliphatic rings. The molecule has 0 saturated carbocycles. The molecular formula is C17H31N3. The predicted molar refractivity (Wildman–Crippen MR) is 85.1 cm³/mol. The Hall–Kier alpha value is -0.830. The molecule has 2 rings (SSSR count). The highest BCUT2D eigenvalue weighted by Crippen LogP contribution is 2.53. The van der Waals surface area contributed by atoms with Gasteiger partial charge in [0.05, 0.1) is 11.4 Å². The smallest absolute Gasteiger partial charge is 0.0647 e. The average Bonchev–Trinajstić information content (AvgIpc) is 2.50. The number of rotatable bonds is 1. The van der Waals surface area contributed by atoms with Crippen LogP contribution in [-0.4, -0.2) is 26.3 Å². The molecule has 0 unspecified atom stereocenters. The first-order valence-corrected chi connectivity index (χ1v) is 7.70. The number of fused-ring (bicyclic) bond motifs is 1. The molecule has 0 saturated heterocycles. The second kappa shape index (κ2) is 4.09. The van der Waals surface area contributed by atoms with E-state index in [1.807, 2.05) is 0 Å². The maximum Gasteiger partial charge on any atom is 0.0647 e. The van der Waals surface area contributed by atoms with Crippen molar-refractivity contribution in [3.63, 3.8) is 0 Å². The molecule has 0 bridgehead atoms. The van der Waals surface area contributed by atoms with Crippen LogP contribution in [0.25, 0.3) is 0 Å². The molecule has 1 aromatic heterocycles. The molecular weight excluding hydrogens is 246 g/mol. The van der Waals surface area contributed by atoms with Crippen molar-refractivity contribution in [2.45, 2.75) is 84.8 Å². The van der Waals surface area contributed by atoms with E-state index in [-0.39, 0.29) is 16.5 Å². The molecule has 0 aromatic carbocycles. The lowest BCUT2D eigenvalue weighted by molar-refractivity contribution is -0.0716. The Labute approximate surface area is 124 Å². The lowest BCUT2D eigenvalue weighted by Crippen LogP contribution is -2.68. The van der Waals surface area contributed by atoms with Crippen LogP contribution in [0.3, 0.4) is 0 Å². The maximum absolute atomic E-state index is 4.73. The first-order chi connectivity index (χ1) is 8.86. The topological polar surface area (TPSA) is 21.1 Å². The van der Waals surface area contributed by atoms with Crippen LogP contribution < -0.4 is 0 Å². The van der Waals surface area contributed by atoms with Gasteiger partial charge in [0.2, 0.25) is 0 Å². The van der Waals surface area contributed by atoms with E-state index < -0.39 is 0 Å². The van der Waals surface area contributed by atoms with E-state index in [1.54, 1.807) is 0 Å². The van der Waals surface area contributed by atoms with Gasteiger partial charge in [0, 0.05) is 35.1 Å². The monoisotopic (exact) mass is 277 g/mol. The highest BCUT2D eigenvalue weighted by Gasteiger charge is 2.57. The summed E-state index contributed by atoms with van der Waals surface area (Å²) in [5.41, 5.74) is 4.10. The minimum Gasteiger partial charge on any atom is -0.286 e. The highest BCUT2D eigenvalue weighted by atomic mass is 15.3. The summed E-state index contributed by atoms with van der Waals surface area (Å²) in [7, 11) is 2.09. The SMILES string of the molecule is Cc1nn(C)c2c1C(C)(C)N(C(C)C)C(C)(C)C2(C)C. The lowest BCUT2D eigenvalue weighted by Gasteiger charge is -2.61. The summed E-state index contributed by atoms with van der Waals surface area (Å²) >= 11 is 0. The minimum atomic E-state index is 0.000856. The number of aryl methyl sites for hydroxylation is 2. The van der Waals surface area contributed by atoms with Gasteiger partial charge in [0.15, 0.2) is 0 Å². The molecule has 0 fully saturated rings. The number of hydrogen-bond acceptors (Lipinski definition) is 2. The van der Waals surface area contributed by atoms with Crippen LogP contribution in [0.2, 0.25) is 0 Å². The van der Waals surface area contributed by atoms with Crippen molar-refractivity contribution in [3.05, 3.63) is 17.0 Å². The third kappa shape index (κ3) is 1.65. The van der Waals surface area contributed by atoms with Crippen molar-refractivity contribution >= 4 is 0 Å².